The van der Waals surface area contributed by atoms with Crippen molar-refractivity contribution in [2.75, 3.05) is 30.9 Å². The summed E-state index contributed by atoms with van der Waals surface area (Å²) in [5.41, 5.74) is 11.2. The number of esters is 1. The molecule has 13 heteroatoms. The van der Waals surface area contributed by atoms with Crippen LogP contribution in [0.15, 0.2) is 48.5 Å². The van der Waals surface area contributed by atoms with E-state index >= 15 is 0 Å². The molecule has 0 saturated heterocycles. The lowest BCUT2D eigenvalue weighted by atomic mass is 10.0. The Bertz CT molecular complexity index is 1300. The Labute approximate surface area is 215 Å². The molecule has 0 saturated carbocycles. The van der Waals surface area contributed by atoms with Crippen LogP contribution < -0.4 is 26.4 Å². The van der Waals surface area contributed by atoms with Gasteiger partial charge in [-0.05, 0) is 60.4 Å². The predicted molar refractivity (Wildman–Crippen MR) is 134 cm³/mol. The number of primary amides is 1. The van der Waals surface area contributed by atoms with E-state index < -0.39 is 42.1 Å². The number of nitrogens with zero attached hydrogens (tertiary/aromatic N) is 2. The molecule has 0 radical (unpaired) electrons. The number of nitrogen functional groups attached to an aromatic ring is 1. The summed E-state index contributed by atoms with van der Waals surface area (Å²) in [6, 6.07) is 9.75. The highest BCUT2D eigenvalue weighted by atomic mass is 32.1. The molecule has 0 fully saturated rings. The molecule has 11 nitrogen and oxygen atoms in total. The zero-order chi connectivity index (χ0) is 27.1. The van der Waals surface area contributed by atoms with Gasteiger partial charge in [0, 0.05) is 5.69 Å². The smallest absolute Gasteiger partial charge is 0.325 e. The first-order valence-corrected chi connectivity index (χ1v) is 11.7. The van der Waals surface area contributed by atoms with Crippen LogP contribution in [0.4, 0.5) is 15.8 Å². The van der Waals surface area contributed by atoms with Gasteiger partial charge in [0.15, 0.2) is 5.69 Å². The van der Waals surface area contributed by atoms with Crippen LogP contribution in [-0.4, -0.2) is 48.3 Å². The van der Waals surface area contributed by atoms with Crippen molar-refractivity contribution in [1.82, 2.24) is 9.69 Å². The standard InChI is InChI=1S/C24H24FN5O6S/c1-3-36-17(31)12-28-23(33)20(13-4-10-16(35-2)11-5-13)30(15-8-6-14(25)7-9-15)24(34)21-18(26)19(22(27)32)29-37-21/h4-11,20H,3,12,26H2,1-2H3,(H2,27,32)(H,28,33). The highest BCUT2D eigenvalue weighted by molar-refractivity contribution is 7.09. The van der Waals surface area contributed by atoms with Crippen molar-refractivity contribution >= 4 is 46.6 Å². The van der Waals surface area contributed by atoms with Crippen molar-refractivity contribution < 1.29 is 33.0 Å². The SMILES string of the molecule is CCOC(=O)CNC(=O)C(c1ccc(OC)cc1)N(C(=O)c1snc(C(N)=O)c1N)c1ccc(F)cc1. The number of ether oxygens (including phenoxy) is 2. The molecule has 3 rings (SSSR count). The van der Waals surface area contributed by atoms with Gasteiger partial charge in [-0.1, -0.05) is 12.1 Å². The first-order chi connectivity index (χ1) is 17.7. The Morgan fingerprint density at radius 3 is 2.30 bits per heavy atom. The van der Waals surface area contributed by atoms with Crippen LogP contribution in [0.5, 0.6) is 5.75 Å². The van der Waals surface area contributed by atoms with Gasteiger partial charge >= 0.3 is 5.97 Å². The van der Waals surface area contributed by atoms with E-state index in [1.54, 1.807) is 31.2 Å². The molecule has 194 valence electrons. The molecule has 3 aromatic rings. The van der Waals surface area contributed by atoms with Crippen molar-refractivity contribution in [3.63, 3.8) is 0 Å². The van der Waals surface area contributed by atoms with Crippen LogP contribution in [-0.2, 0) is 14.3 Å². The summed E-state index contributed by atoms with van der Waals surface area (Å²) >= 11 is 0.627. The van der Waals surface area contributed by atoms with Crippen LogP contribution in [0.1, 0.15) is 38.7 Å². The van der Waals surface area contributed by atoms with Crippen molar-refractivity contribution in [2.24, 2.45) is 5.73 Å². The van der Waals surface area contributed by atoms with E-state index in [-0.39, 0.29) is 28.6 Å². The van der Waals surface area contributed by atoms with E-state index in [4.69, 9.17) is 20.9 Å². The van der Waals surface area contributed by atoms with Crippen molar-refractivity contribution in [3.8, 4) is 5.75 Å². The number of hydrogen-bond acceptors (Lipinski definition) is 9. The van der Waals surface area contributed by atoms with Crippen LogP contribution in [0.2, 0.25) is 0 Å². The second-order valence-electron chi connectivity index (χ2n) is 7.49. The summed E-state index contributed by atoms with van der Waals surface area (Å²) in [5, 5.41) is 2.47. The van der Waals surface area contributed by atoms with Gasteiger partial charge in [-0.3, -0.25) is 24.1 Å². The monoisotopic (exact) mass is 529 g/mol. The zero-order valence-electron chi connectivity index (χ0n) is 19.9. The van der Waals surface area contributed by atoms with Crippen LogP contribution >= 0.6 is 11.5 Å². The lowest BCUT2D eigenvalue weighted by Crippen LogP contribution is -2.45. The van der Waals surface area contributed by atoms with E-state index in [0.717, 1.165) is 17.0 Å². The summed E-state index contributed by atoms with van der Waals surface area (Å²) in [5.74, 6) is -3.23. The molecule has 2 aromatic carbocycles. The summed E-state index contributed by atoms with van der Waals surface area (Å²) in [6.45, 7) is 1.28. The molecule has 1 aromatic heterocycles. The number of hydrogen-bond donors (Lipinski definition) is 3. The molecule has 0 bridgehead atoms. The van der Waals surface area contributed by atoms with Crippen molar-refractivity contribution in [3.05, 3.63) is 70.5 Å². The number of benzene rings is 2. The topological polar surface area (TPSA) is 167 Å². The lowest BCUT2D eigenvalue weighted by molar-refractivity contribution is -0.143. The molecule has 1 atom stereocenters. The molecular formula is C24H24FN5O6S. The predicted octanol–water partition coefficient (Wildman–Crippen LogP) is 2.04. The number of amides is 3. The van der Waals surface area contributed by atoms with Crippen molar-refractivity contribution in [2.45, 2.75) is 13.0 Å². The van der Waals surface area contributed by atoms with Crippen LogP contribution in [0.3, 0.4) is 0 Å². The number of carbonyl (C=O) groups is 4. The maximum Gasteiger partial charge on any atom is 0.325 e. The van der Waals surface area contributed by atoms with Gasteiger partial charge in [0.05, 0.1) is 19.4 Å². The average Bonchev–Trinajstić information content (AvgIpc) is 3.28. The molecule has 0 aliphatic rings. The number of nitrogens with one attached hydrogen (secondary N) is 1. The summed E-state index contributed by atoms with van der Waals surface area (Å²) in [7, 11) is 1.47. The first kappa shape index (κ1) is 27.1. The maximum absolute atomic E-state index is 13.8. The third-order valence-electron chi connectivity index (χ3n) is 5.13. The van der Waals surface area contributed by atoms with E-state index in [2.05, 4.69) is 9.69 Å². The summed E-state index contributed by atoms with van der Waals surface area (Å²) < 4.78 is 27.7. The first-order valence-electron chi connectivity index (χ1n) is 10.9. The minimum Gasteiger partial charge on any atom is -0.497 e. The van der Waals surface area contributed by atoms with E-state index in [9.17, 15) is 23.6 Å². The fourth-order valence-electron chi connectivity index (χ4n) is 3.40. The van der Waals surface area contributed by atoms with Crippen LogP contribution in [0, 0.1) is 5.82 Å². The maximum atomic E-state index is 13.8. The number of aromatic nitrogens is 1. The zero-order valence-corrected chi connectivity index (χ0v) is 20.7. The summed E-state index contributed by atoms with van der Waals surface area (Å²) in [6.07, 6.45) is 0. The molecule has 3 amide bonds. The Morgan fingerprint density at radius 1 is 1.11 bits per heavy atom. The number of methoxy groups -OCH3 is 1. The van der Waals surface area contributed by atoms with E-state index in [1.807, 2.05) is 0 Å². The molecule has 0 spiro atoms. The molecular weight excluding hydrogens is 505 g/mol. The molecule has 5 N–H and O–H groups in total. The fraction of sp³-hybridized carbons (Fsp3) is 0.208. The van der Waals surface area contributed by atoms with Gasteiger partial charge in [0.1, 0.15) is 29.0 Å². The average molecular weight is 530 g/mol. The van der Waals surface area contributed by atoms with Gasteiger partial charge in [0.2, 0.25) is 5.91 Å². The third-order valence-corrected chi connectivity index (χ3v) is 5.98. The molecule has 1 unspecified atom stereocenters. The van der Waals surface area contributed by atoms with Crippen molar-refractivity contribution in [1.29, 1.82) is 0 Å². The number of nitrogens with two attached hydrogens (primary N) is 2. The summed E-state index contributed by atoms with van der Waals surface area (Å²) in [4.78, 5) is 51.8. The van der Waals surface area contributed by atoms with Gasteiger partial charge in [-0.15, -0.1) is 0 Å². The highest BCUT2D eigenvalue weighted by Crippen LogP contribution is 2.33. The van der Waals surface area contributed by atoms with Gasteiger partial charge in [-0.25, -0.2) is 4.39 Å². The second kappa shape index (κ2) is 11.9. The van der Waals surface area contributed by atoms with Gasteiger partial charge in [-0.2, -0.15) is 4.37 Å². The lowest BCUT2D eigenvalue weighted by Gasteiger charge is -2.31. The van der Waals surface area contributed by atoms with Crippen LogP contribution in [0.25, 0.3) is 0 Å². The highest BCUT2D eigenvalue weighted by Gasteiger charge is 2.36. The Kier molecular flexibility index (Phi) is 8.74. The molecule has 37 heavy (non-hydrogen) atoms. The molecule has 1 heterocycles. The number of halogens is 1. The minimum atomic E-state index is -1.36. The minimum absolute atomic E-state index is 0.115. The number of rotatable bonds is 10. The van der Waals surface area contributed by atoms with E-state index in [1.165, 1.54) is 19.2 Å². The Hall–Kier alpha value is -4.52. The normalized spacial score (nSPS) is 11.3. The fourth-order valence-corrected chi connectivity index (χ4v) is 4.14. The quantitative estimate of drug-likeness (QED) is 0.335. The molecule has 0 aliphatic carbocycles. The number of anilines is 2. The Balaban J connectivity index is 2.15. The van der Waals surface area contributed by atoms with E-state index in [0.29, 0.717) is 22.8 Å². The molecule has 0 aliphatic heterocycles. The van der Waals surface area contributed by atoms with Gasteiger partial charge in [0.25, 0.3) is 11.8 Å². The second-order valence-corrected chi connectivity index (χ2v) is 8.26. The van der Waals surface area contributed by atoms with Gasteiger partial charge < -0.3 is 26.3 Å². The Morgan fingerprint density at radius 2 is 1.76 bits per heavy atom. The largest absolute Gasteiger partial charge is 0.497 e. The third kappa shape index (κ3) is 6.19. The number of carbonyl (C=O) groups excluding carboxylic acids is 4.